The van der Waals surface area contributed by atoms with Crippen molar-refractivity contribution < 1.29 is 18.0 Å². The maximum Gasteiger partial charge on any atom is 0.417 e. The summed E-state index contributed by atoms with van der Waals surface area (Å²) in [6, 6.07) is 16.0. The van der Waals surface area contributed by atoms with Crippen molar-refractivity contribution in [1.82, 2.24) is 4.98 Å². The first-order valence-corrected chi connectivity index (χ1v) is 9.86. The van der Waals surface area contributed by atoms with Crippen LogP contribution in [0.4, 0.5) is 24.5 Å². The second-order valence-corrected chi connectivity index (χ2v) is 7.78. The number of halogens is 4. The molecule has 0 atom stereocenters. The summed E-state index contributed by atoms with van der Waals surface area (Å²) in [6.45, 7) is 0. The molecule has 0 spiro atoms. The average Bonchev–Trinajstić information content (AvgIpc) is 3.05. The van der Waals surface area contributed by atoms with Crippen molar-refractivity contribution in [3.63, 3.8) is 0 Å². The smallest absolute Gasteiger partial charge is 0.397 e. The number of para-hydroxylation sites is 1. The third-order valence-corrected chi connectivity index (χ3v) is 5.83. The number of anilines is 2. The number of pyridine rings is 1. The number of nitrogens with zero attached hydrogens (tertiary/aromatic N) is 1. The van der Waals surface area contributed by atoms with E-state index in [1.807, 2.05) is 0 Å². The molecule has 0 aliphatic rings. The Morgan fingerprint density at radius 1 is 1.07 bits per heavy atom. The summed E-state index contributed by atoms with van der Waals surface area (Å²) in [5.41, 5.74) is 5.80. The molecule has 0 bridgehead atoms. The van der Waals surface area contributed by atoms with Crippen LogP contribution < -0.4 is 11.1 Å². The predicted octanol–water partition coefficient (Wildman–Crippen LogP) is 6.47. The Bertz CT molecular complexity index is 1260. The van der Waals surface area contributed by atoms with Crippen LogP contribution in [0.1, 0.15) is 15.2 Å². The van der Waals surface area contributed by atoms with Gasteiger partial charge in [0.05, 0.1) is 27.7 Å². The zero-order valence-corrected chi connectivity index (χ0v) is 16.7. The number of alkyl halides is 3. The molecule has 4 aromatic rings. The van der Waals surface area contributed by atoms with E-state index in [9.17, 15) is 18.0 Å². The number of benzene rings is 2. The van der Waals surface area contributed by atoms with Gasteiger partial charge in [0.2, 0.25) is 0 Å². The van der Waals surface area contributed by atoms with E-state index in [-0.39, 0.29) is 26.5 Å². The Morgan fingerprint density at radius 2 is 1.73 bits per heavy atom. The number of nitrogen functional groups attached to an aromatic ring is 1. The second kappa shape index (κ2) is 7.62. The van der Waals surface area contributed by atoms with E-state index in [2.05, 4.69) is 10.3 Å². The standard InChI is InChI=1S/C21H13ClF3N3OS/c22-13-8-4-5-9-14(13)27-19(29)18-17(26)16-12(21(23,24)25)10-15(28-20(16)30-18)11-6-2-1-3-7-11/h1-10H,26H2,(H,27,29). The number of fused-ring (bicyclic) bond motifs is 1. The van der Waals surface area contributed by atoms with Gasteiger partial charge in [-0.05, 0) is 18.2 Å². The fraction of sp³-hybridized carbons (Fsp3) is 0.0476. The number of hydrogen-bond donors (Lipinski definition) is 2. The molecule has 0 unspecified atom stereocenters. The molecule has 30 heavy (non-hydrogen) atoms. The normalized spacial score (nSPS) is 11.6. The molecule has 152 valence electrons. The quantitative estimate of drug-likeness (QED) is 0.378. The van der Waals surface area contributed by atoms with Crippen LogP contribution in [0, 0.1) is 0 Å². The molecule has 4 nitrogen and oxygen atoms in total. The zero-order valence-electron chi connectivity index (χ0n) is 15.1. The summed E-state index contributed by atoms with van der Waals surface area (Å²) >= 11 is 6.85. The number of carbonyl (C=O) groups is 1. The number of nitrogens with one attached hydrogen (secondary N) is 1. The molecular weight excluding hydrogens is 435 g/mol. The van der Waals surface area contributed by atoms with Gasteiger partial charge in [0.15, 0.2) is 0 Å². The van der Waals surface area contributed by atoms with Crippen LogP contribution in [0.3, 0.4) is 0 Å². The second-order valence-electron chi connectivity index (χ2n) is 6.38. The minimum atomic E-state index is -4.67. The lowest BCUT2D eigenvalue weighted by Crippen LogP contribution is -2.12. The summed E-state index contributed by atoms with van der Waals surface area (Å²) in [5, 5.41) is 2.60. The van der Waals surface area contributed by atoms with Crippen LogP contribution in [0.25, 0.3) is 21.5 Å². The van der Waals surface area contributed by atoms with Crippen LogP contribution in [0.5, 0.6) is 0 Å². The molecule has 0 aliphatic carbocycles. The van der Waals surface area contributed by atoms with Gasteiger partial charge in [-0.2, -0.15) is 13.2 Å². The highest BCUT2D eigenvalue weighted by Crippen LogP contribution is 2.43. The van der Waals surface area contributed by atoms with Gasteiger partial charge < -0.3 is 11.1 Å². The van der Waals surface area contributed by atoms with Crippen molar-refractivity contribution in [2.45, 2.75) is 6.18 Å². The van der Waals surface area contributed by atoms with E-state index in [1.165, 1.54) is 0 Å². The van der Waals surface area contributed by atoms with Gasteiger partial charge in [-0.1, -0.05) is 54.1 Å². The van der Waals surface area contributed by atoms with Gasteiger partial charge in [0.1, 0.15) is 9.71 Å². The molecule has 1 amide bonds. The van der Waals surface area contributed by atoms with Gasteiger partial charge in [0.25, 0.3) is 5.91 Å². The third kappa shape index (κ3) is 3.71. The first-order chi connectivity index (χ1) is 14.3. The zero-order chi connectivity index (χ0) is 21.5. The topological polar surface area (TPSA) is 68.0 Å². The first kappa shape index (κ1) is 20.2. The summed E-state index contributed by atoms with van der Waals surface area (Å²) < 4.78 is 41.4. The van der Waals surface area contributed by atoms with E-state index in [0.717, 1.165) is 17.4 Å². The van der Waals surface area contributed by atoms with Crippen LogP contribution in [0.2, 0.25) is 5.02 Å². The van der Waals surface area contributed by atoms with E-state index in [0.29, 0.717) is 16.3 Å². The SMILES string of the molecule is Nc1c(C(=O)Nc2ccccc2Cl)sc2nc(-c3ccccc3)cc(C(F)(F)F)c12. The highest BCUT2D eigenvalue weighted by molar-refractivity contribution is 7.21. The van der Waals surface area contributed by atoms with Crippen LogP contribution in [-0.4, -0.2) is 10.9 Å². The van der Waals surface area contributed by atoms with E-state index < -0.39 is 17.6 Å². The Hall–Kier alpha value is -3.10. The van der Waals surface area contributed by atoms with Crippen molar-refractivity contribution >= 4 is 50.4 Å². The molecule has 0 aliphatic heterocycles. The van der Waals surface area contributed by atoms with Gasteiger partial charge in [-0.15, -0.1) is 11.3 Å². The molecule has 9 heteroatoms. The highest BCUT2D eigenvalue weighted by atomic mass is 35.5. The van der Waals surface area contributed by atoms with Gasteiger partial charge >= 0.3 is 6.18 Å². The minimum absolute atomic E-state index is 0.0329. The predicted molar refractivity (Wildman–Crippen MR) is 114 cm³/mol. The van der Waals surface area contributed by atoms with E-state index in [4.69, 9.17) is 17.3 Å². The van der Waals surface area contributed by atoms with Crippen molar-refractivity contribution in [1.29, 1.82) is 0 Å². The lowest BCUT2D eigenvalue weighted by atomic mass is 10.1. The van der Waals surface area contributed by atoms with Crippen molar-refractivity contribution in [2.24, 2.45) is 0 Å². The minimum Gasteiger partial charge on any atom is -0.397 e. The number of amides is 1. The van der Waals surface area contributed by atoms with Gasteiger partial charge in [0, 0.05) is 10.9 Å². The molecule has 0 radical (unpaired) electrons. The third-order valence-electron chi connectivity index (χ3n) is 4.40. The summed E-state index contributed by atoms with van der Waals surface area (Å²) in [4.78, 5) is 17.0. The maximum absolute atomic E-state index is 13.8. The van der Waals surface area contributed by atoms with Crippen molar-refractivity contribution in [3.05, 3.63) is 76.1 Å². The lowest BCUT2D eigenvalue weighted by molar-refractivity contribution is -0.136. The fourth-order valence-corrected chi connectivity index (χ4v) is 4.21. The molecule has 4 rings (SSSR count). The molecule has 0 fully saturated rings. The van der Waals surface area contributed by atoms with Crippen LogP contribution >= 0.6 is 22.9 Å². The molecule has 3 N–H and O–H groups in total. The summed E-state index contributed by atoms with van der Waals surface area (Å²) in [5.74, 6) is -0.655. The summed E-state index contributed by atoms with van der Waals surface area (Å²) in [6.07, 6.45) is -4.67. The number of thiophene rings is 1. The Morgan fingerprint density at radius 3 is 2.40 bits per heavy atom. The molecular formula is C21H13ClF3N3OS. The first-order valence-electron chi connectivity index (χ1n) is 8.67. The van der Waals surface area contributed by atoms with Crippen LogP contribution in [-0.2, 0) is 6.18 Å². The average molecular weight is 448 g/mol. The molecule has 2 aromatic heterocycles. The van der Waals surface area contributed by atoms with Crippen molar-refractivity contribution in [3.8, 4) is 11.3 Å². The largest absolute Gasteiger partial charge is 0.417 e. The van der Waals surface area contributed by atoms with E-state index in [1.54, 1.807) is 54.6 Å². The maximum atomic E-state index is 13.8. The number of rotatable bonds is 3. The number of nitrogens with two attached hydrogens (primary N) is 1. The molecule has 0 saturated heterocycles. The Labute approximate surface area is 178 Å². The highest BCUT2D eigenvalue weighted by Gasteiger charge is 2.36. The number of hydrogen-bond acceptors (Lipinski definition) is 4. The fourth-order valence-electron chi connectivity index (χ4n) is 3.01. The molecule has 0 saturated carbocycles. The van der Waals surface area contributed by atoms with Crippen molar-refractivity contribution in [2.75, 3.05) is 11.1 Å². The van der Waals surface area contributed by atoms with E-state index >= 15 is 0 Å². The molecule has 2 aromatic carbocycles. The summed E-state index contributed by atoms with van der Waals surface area (Å²) in [7, 11) is 0. The lowest BCUT2D eigenvalue weighted by Gasteiger charge is -2.11. The van der Waals surface area contributed by atoms with Gasteiger partial charge in [-0.25, -0.2) is 4.98 Å². The van der Waals surface area contributed by atoms with Crippen LogP contribution in [0.15, 0.2) is 60.7 Å². The number of aromatic nitrogens is 1. The number of carbonyl (C=O) groups excluding carboxylic acids is 1. The Balaban J connectivity index is 1.86. The molecule has 2 heterocycles. The Kier molecular flexibility index (Phi) is 5.13. The van der Waals surface area contributed by atoms with Gasteiger partial charge in [-0.3, -0.25) is 4.79 Å². The monoisotopic (exact) mass is 447 g/mol.